The first-order valence-corrected chi connectivity index (χ1v) is 7.34. The van der Waals surface area contributed by atoms with Gasteiger partial charge in [-0.2, -0.15) is 0 Å². The topological polar surface area (TPSA) is 59.0 Å². The second kappa shape index (κ2) is 9.23. The molecule has 1 N–H and O–H groups in total. The molecular formula is C16H25NO4. The van der Waals surface area contributed by atoms with E-state index in [2.05, 4.69) is 6.92 Å². The van der Waals surface area contributed by atoms with Gasteiger partial charge in [0.1, 0.15) is 0 Å². The van der Waals surface area contributed by atoms with Gasteiger partial charge in [0.05, 0.1) is 20.3 Å². The molecule has 1 aromatic carbocycles. The number of hydrogen-bond acceptors (Lipinski definition) is 4. The van der Waals surface area contributed by atoms with Crippen molar-refractivity contribution in [3.8, 4) is 11.5 Å². The van der Waals surface area contributed by atoms with Crippen LogP contribution in [0.15, 0.2) is 18.2 Å². The first kappa shape index (κ1) is 17.3. The Kier molecular flexibility index (Phi) is 7.61. The minimum atomic E-state index is -0.807. The number of benzene rings is 1. The number of ether oxygens (including phenoxy) is 2. The summed E-state index contributed by atoms with van der Waals surface area (Å²) in [5.74, 6) is 0.606. The summed E-state index contributed by atoms with van der Waals surface area (Å²) in [7, 11) is 1.61. The number of carboxylic acid groups (broad SMARTS) is 1. The van der Waals surface area contributed by atoms with Gasteiger partial charge in [-0.15, -0.1) is 0 Å². The van der Waals surface area contributed by atoms with E-state index in [0.29, 0.717) is 18.9 Å². The van der Waals surface area contributed by atoms with Gasteiger partial charge in [-0.25, -0.2) is 0 Å². The lowest BCUT2D eigenvalue weighted by Gasteiger charge is -2.20. The van der Waals surface area contributed by atoms with Gasteiger partial charge in [-0.1, -0.05) is 19.9 Å². The third-order valence-corrected chi connectivity index (χ3v) is 2.99. The van der Waals surface area contributed by atoms with Gasteiger partial charge in [-0.05, 0) is 37.1 Å². The smallest absolute Gasteiger partial charge is 0.317 e. The minimum Gasteiger partial charge on any atom is -0.493 e. The van der Waals surface area contributed by atoms with Crippen molar-refractivity contribution in [1.29, 1.82) is 0 Å². The number of carbonyl (C=O) groups is 1. The molecule has 0 amide bonds. The average molecular weight is 295 g/mol. The molecule has 0 heterocycles. The molecule has 0 atom stereocenters. The standard InChI is InChI=1S/C16H25NO4/c1-4-8-17(12-16(18)19)11-13-6-7-14(21-9-5-2)15(10-13)20-3/h6-7,10H,4-5,8-9,11-12H2,1-3H3,(H,18,19). The monoisotopic (exact) mass is 295 g/mol. The van der Waals surface area contributed by atoms with Crippen molar-refractivity contribution in [1.82, 2.24) is 4.90 Å². The molecule has 0 radical (unpaired) electrons. The summed E-state index contributed by atoms with van der Waals surface area (Å²) in [5, 5.41) is 8.94. The van der Waals surface area contributed by atoms with E-state index < -0.39 is 5.97 Å². The molecule has 0 aliphatic heterocycles. The van der Waals surface area contributed by atoms with E-state index in [1.165, 1.54) is 0 Å². The maximum Gasteiger partial charge on any atom is 0.317 e. The van der Waals surface area contributed by atoms with E-state index in [4.69, 9.17) is 14.6 Å². The summed E-state index contributed by atoms with van der Waals surface area (Å²) < 4.78 is 11.0. The Bertz CT molecular complexity index is 448. The molecule has 0 aliphatic carbocycles. The number of carboxylic acids is 1. The summed E-state index contributed by atoms with van der Waals surface area (Å²) in [4.78, 5) is 12.8. The molecule has 0 aromatic heterocycles. The molecule has 5 nitrogen and oxygen atoms in total. The largest absolute Gasteiger partial charge is 0.493 e. The first-order valence-electron chi connectivity index (χ1n) is 7.34. The summed E-state index contributed by atoms with van der Waals surface area (Å²) in [5.41, 5.74) is 1.02. The highest BCUT2D eigenvalue weighted by Crippen LogP contribution is 2.28. The Hall–Kier alpha value is -1.75. The van der Waals surface area contributed by atoms with Crippen molar-refractivity contribution < 1.29 is 19.4 Å². The number of rotatable bonds is 10. The highest BCUT2D eigenvalue weighted by atomic mass is 16.5. The van der Waals surface area contributed by atoms with Gasteiger partial charge in [-0.3, -0.25) is 9.69 Å². The van der Waals surface area contributed by atoms with E-state index in [1.54, 1.807) is 7.11 Å². The van der Waals surface area contributed by atoms with Gasteiger partial charge in [0.15, 0.2) is 11.5 Å². The van der Waals surface area contributed by atoms with Crippen molar-refractivity contribution in [3.05, 3.63) is 23.8 Å². The zero-order chi connectivity index (χ0) is 15.7. The van der Waals surface area contributed by atoms with Crippen LogP contribution < -0.4 is 9.47 Å². The summed E-state index contributed by atoms with van der Waals surface area (Å²) in [6, 6.07) is 5.75. The fourth-order valence-electron chi connectivity index (χ4n) is 2.12. The molecule has 0 aliphatic rings. The molecular weight excluding hydrogens is 270 g/mol. The van der Waals surface area contributed by atoms with Crippen LogP contribution in [0.25, 0.3) is 0 Å². The van der Waals surface area contributed by atoms with Gasteiger partial charge >= 0.3 is 5.97 Å². The number of aliphatic carboxylic acids is 1. The van der Waals surface area contributed by atoms with E-state index in [1.807, 2.05) is 30.0 Å². The quantitative estimate of drug-likeness (QED) is 0.719. The number of nitrogens with zero attached hydrogens (tertiary/aromatic N) is 1. The fourth-order valence-corrected chi connectivity index (χ4v) is 2.12. The van der Waals surface area contributed by atoms with Crippen LogP contribution in [0.3, 0.4) is 0 Å². The van der Waals surface area contributed by atoms with Crippen molar-refractivity contribution in [2.45, 2.75) is 33.2 Å². The van der Waals surface area contributed by atoms with Gasteiger partial charge < -0.3 is 14.6 Å². The fraction of sp³-hybridized carbons (Fsp3) is 0.562. The van der Waals surface area contributed by atoms with Crippen LogP contribution in [0.2, 0.25) is 0 Å². The first-order chi connectivity index (χ1) is 10.1. The lowest BCUT2D eigenvalue weighted by atomic mass is 10.2. The Labute approximate surface area is 126 Å². The molecule has 0 saturated carbocycles. The van der Waals surface area contributed by atoms with Crippen LogP contribution in [-0.4, -0.2) is 42.8 Å². The van der Waals surface area contributed by atoms with E-state index >= 15 is 0 Å². The maximum absolute atomic E-state index is 10.9. The molecule has 1 aromatic rings. The Morgan fingerprint density at radius 2 is 2.00 bits per heavy atom. The van der Waals surface area contributed by atoms with Crippen molar-refractivity contribution in [2.24, 2.45) is 0 Å². The van der Waals surface area contributed by atoms with Crippen LogP contribution in [-0.2, 0) is 11.3 Å². The zero-order valence-electron chi connectivity index (χ0n) is 13.1. The van der Waals surface area contributed by atoms with Crippen LogP contribution in [0, 0.1) is 0 Å². The maximum atomic E-state index is 10.9. The average Bonchev–Trinajstić information content (AvgIpc) is 2.45. The molecule has 0 saturated heterocycles. The summed E-state index contributed by atoms with van der Waals surface area (Å²) >= 11 is 0. The second-order valence-electron chi connectivity index (χ2n) is 4.94. The Morgan fingerprint density at radius 1 is 1.24 bits per heavy atom. The summed E-state index contributed by atoms with van der Waals surface area (Å²) in [6.07, 6.45) is 1.86. The minimum absolute atomic E-state index is 0.0459. The van der Waals surface area contributed by atoms with Crippen molar-refractivity contribution in [2.75, 3.05) is 26.8 Å². The van der Waals surface area contributed by atoms with Gasteiger partial charge in [0.2, 0.25) is 0 Å². The molecule has 0 spiro atoms. The van der Waals surface area contributed by atoms with Crippen molar-refractivity contribution in [3.63, 3.8) is 0 Å². The van der Waals surface area contributed by atoms with E-state index in [9.17, 15) is 4.79 Å². The van der Waals surface area contributed by atoms with Crippen LogP contribution in [0.4, 0.5) is 0 Å². The van der Waals surface area contributed by atoms with E-state index in [0.717, 1.165) is 30.7 Å². The predicted octanol–water partition coefficient (Wildman–Crippen LogP) is 2.78. The van der Waals surface area contributed by atoms with Crippen LogP contribution in [0.5, 0.6) is 11.5 Å². The molecule has 5 heteroatoms. The van der Waals surface area contributed by atoms with Crippen molar-refractivity contribution >= 4 is 5.97 Å². The Morgan fingerprint density at radius 3 is 2.57 bits per heavy atom. The third kappa shape index (κ3) is 6.04. The SMILES string of the molecule is CCCOc1ccc(CN(CCC)CC(=O)O)cc1OC. The molecule has 1 rings (SSSR count). The molecule has 0 fully saturated rings. The van der Waals surface area contributed by atoms with Gasteiger partial charge in [0, 0.05) is 6.54 Å². The van der Waals surface area contributed by atoms with Crippen LogP contribution >= 0.6 is 0 Å². The lowest BCUT2D eigenvalue weighted by Crippen LogP contribution is -2.30. The van der Waals surface area contributed by atoms with Gasteiger partial charge in [0.25, 0.3) is 0 Å². The van der Waals surface area contributed by atoms with E-state index in [-0.39, 0.29) is 6.54 Å². The molecule has 21 heavy (non-hydrogen) atoms. The Balaban J connectivity index is 2.79. The zero-order valence-corrected chi connectivity index (χ0v) is 13.1. The van der Waals surface area contributed by atoms with Crippen LogP contribution in [0.1, 0.15) is 32.3 Å². The summed E-state index contributed by atoms with van der Waals surface area (Å²) in [6.45, 7) is 6.13. The third-order valence-electron chi connectivity index (χ3n) is 2.99. The lowest BCUT2D eigenvalue weighted by molar-refractivity contribution is -0.138. The number of hydrogen-bond donors (Lipinski definition) is 1. The second-order valence-corrected chi connectivity index (χ2v) is 4.94. The predicted molar refractivity (Wildman–Crippen MR) is 82.0 cm³/mol. The molecule has 0 unspecified atom stereocenters. The normalized spacial score (nSPS) is 10.7. The molecule has 118 valence electrons. The highest BCUT2D eigenvalue weighted by Gasteiger charge is 2.11. The highest BCUT2D eigenvalue weighted by molar-refractivity contribution is 5.69. The molecule has 0 bridgehead atoms. The number of methoxy groups -OCH3 is 1.